The highest BCUT2D eigenvalue weighted by Gasteiger charge is 2.26. The summed E-state index contributed by atoms with van der Waals surface area (Å²) in [5.41, 5.74) is 0. The van der Waals surface area contributed by atoms with Crippen LogP contribution in [-0.2, 0) is 4.74 Å². The second-order valence-corrected chi connectivity index (χ2v) is 2.86. The van der Waals surface area contributed by atoms with Gasteiger partial charge in [-0.2, -0.15) is 0 Å². The highest BCUT2D eigenvalue weighted by atomic mass is 16.5. The topological polar surface area (TPSA) is 78.8 Å². The Balaban J connectivity index is 2.41. The summed E-state index contributed by atoms with van der Waals surface area (Å²) in [5, 5.41) is 19.7. The van der Waals surface area contributed by atoms with Crippen molar-refractivity contribution < 1.29 is 19.7 Å². The van der Waals surface area contributed by atoms with Crippen LogP contribution < -0.4 is 5.32 Å². The number of amides is 1. The van der Waals surface area contributed by atoms with Gasteiger partial charge in [0.15, 0.2) is 0 Å². The molecule has 5 heteroatoms. The standard InChI is InChI=1S/C7H13NO4/c9-3-5-4-12-2-1-6(5)8-7(10)11/h5-6,8-9H,1-4H2,(H,10,11)/t5-,6-/m0/s1. The minimum absolute atomic E-state index is 0.0368. The van der Waals surface area contributed by atoms with E-state index in [1.54, 1.807) is 0 Å². The van der Waals surface area contributed by atoms with Crippen LogP contribution in [0.25, 0.3) is 0 Å². The van der Waals surface area contributed by atoms with Crippen LogP contribution in [0.3, 0.4) is 0 Å². The number of ether oxygens (including phenoxy) is 1. The predicted molar refractivity (Wildman–Crippen MR) is 41.0 cm³/mol. The Hall–Kier alpha value is -0.810. The first-order valence-corrected chi connectivity index (χ1v) is 3.92. The average Bonchev–Trinajstić information content (AvgIpc) is 2.04. The molecule has 0 unspecified atom stereocenters. The molecule has 1 saturated heterocycles. The van der Waals surface area contributed by atoms with Crippen molar-refractivity contribution in [2.24, 2.45) is 5.92 Å². The molecule has 0 aromatic heterocycles. The van der Waals surface area contributed by atoms with E-state index in [2.05, 4.69) is 5.32 Å². The van der Waals surface area contributed by atoms with E-state index in [-0.39, 0.29) is 18.6 Å². The van der Waals surface area contributed by atoms with Crippen LogP contribution >= 0.6 is 0 Å². The molecular weight excluding hydrogens is 162 g/mol. The summed E-state index contributed by atoms with van der Waals surface area (Å²) < 4.78 is 5.09. The van der Waals surface area contributed by atoms with Gasteiger partial charge < -0.3 is 20.3 Å². The molecule has 0 aromatic rings. The fourth-order valence-corrected chi connectivity index (χ4v) is 1.33. The fourth-order valence-electron chi connectivity index (χ4n) is 1.33. The predicted octanol–water partition coefficient (Wildman–Crippen LogP) is -0.349. The number of aliphatic hydroxyl groups excluding tert-OH is 1. The number of hydrogen-bond donors (Lipinski definition) is 3. The zero-order valence-corrected chi connectivity index (χ0v) is 6.69. The minimum atomic E-state index is -1.04. The molecule has 12 heavy (non-hydrogen) atoms. The molecule has 1 amide bonds. The number of carboxylic acid groups (broad SMARTS) is 1. The summed E-state index contributed by atoms with van der Waals surface area (Å²) in [7, 11) is 0. The van der Waals surface area contributed by atoms with Gasteiger partial charge in [0.25, 0.3) is 0 Å². The summed E-state index contributed by atoms with van der Waals surface area (Å²) in [6, 6.07) is -0.166. The maximum atomic E-state index is 10.3. The Morgan fingerprint density at radius 3 is 3.00 bits per heavy atom. The Kier molecular flexibility index (Phi) is 3.31. The zero-order chi connectivity index (χ0) is 8.97. The molecule has 0 saturated carbocycles. The summed E-state index contributed by atoms with van der Waals surface area (Å²) in [4.78, 5) is 10.3. The maximum absolute atomic E-state index is 10.3. The van der Waals surface area contributed by atoms with Gasteiger partial charge in [-0.15, -0.1) is 0 Å². The number of hydrogen-bond acceptors (Lipinski definition) is 3. The second-order valence-electron chi connectivity index (χ2n) is 2.86. The van der Waals surface area contributed by atoms with Crippen LogP contribution in [0.5, 0.6) is 0 Å². The van der Waals surface area contributed by atoms with Gasteiger partial charge in [0.05, 0.1) is 13.2 Å². The van der Waals surface area contributed by atoms with Crippen molar-refractivity contribution in [2.45, 2.75) is 12.5 Å². The third-order valence-electron chi connectivity index (χ3n) is 2.02. The third kappa shape index (κ3) is 2.35. The molecular formula is C7H13NO4. The van der Waals surface area contributed by atoms with Crippen LogP contribution in [0.15, 0.2) is 0 Å². The van der Waals surface area contributed by atoms with Crippen molar-refractivity contribution in [1.82, 2.24) is 5.32 Å². The maximum Gasteiger partial charge on any atom is 0.404 e. The fraction of sp³-hybridized carbons (Fsp3) is 0.857. The van der Waals surface area contributed by atoms with E-state index in [1.165, 1.54) is 0 Å². The summed E-state index contributed by atoms with van der Waals surface area (Å²) in [6.45, 7) is 0.952. The molecule has 0 bridgehead atoms. The number of rotatable bonds is 2. The molecule has 3 N–H and O–H groups in total. The molecule has 0 aromatic carbocycles. The van der Waals surface area contributed by atoms with Crippen LogP contribution in [0.1, 0.15) is 6.42 Å². The van der Waals surface area contributed by atoms with E-state index in [0.29, 0.717) is 19.6 Å². The molecule has 0 radical (unpaired) electrons. The molecule has 2 atom stereocenters. The number of nitrogens with one attached hydrogen (secondary N) is 1. The van der Waals surface area contributed by atoms with Gasteiger partial charge in [-0.25, -0.2) is 4.79 Å². The van der Waals surface area contributed by atoms with E-state index in [4.69, 9.17) is 14.9 Å². The SMILES string of the molecule is O=C(O)N[C@H]1CCOC[C@@H]1CO. The quantitative estimate of drug-likeness (QED) is 0.536. The highest BCUT2D eigenvalue weighted by Crippen LogP contribution is 2.13. The molecule has 0 aliphatic carbocycles. The van der Waals surface area contributed by atoms with E-state index in [1.807, 2.05) is 0 Å². The molecule has 1 aliphatic heterocycles. The van der Waals surface area contributed by atoms with Gasteiger partial charge in [0.2, 0.25) is 0 Å². The van der Waals surface area contributed by atoms with Gasteiger partial charge in [-0.1, -0.05) is 0 Å². The van der Waals surface area contributed by atoms with Crippen molar-refractivity contribution >= 4 is 6.09 Å². The van der Waals surface area contributed by atoms with Crippen molar-refractivity contribution in [2.75, 3.05) is 19.8 Å². The van der Waals surface area contributed by atoms with Gasteiger partial charge in [-0.3, -0.25) is 0 Å². The summed E-state index contributed by atoms with van der Waals surface area (Å²) >= 11 is 0. The smallest absolute Gasteiger partial charge is 0.404 e. The summed E-state index contributed by atoms with van der Waals surface area (Å²) in [5.74, 6) is -0.102. The Bertz CT molecular complexity index is 161. The Morgan fingerprint density at radius 2 is 2.42 bits per heavy atom. The lowest BCUT2D eigenvalue weighted by molar-refractivity contribution is 0.00947. The van der Waals surface area contributed by atoms with Crippen LogP contribution in [-0.4, -0.2) is 42.2 Å². The minimum Gasteiger partial charge on any atom is -0.465 e. The van der Waals surface area contributed by atoms with Gasteiger partial charge >= 0.3 is 6.09 Å². The van der Waals surface area contributed by atoms with Crippen LogP contribution in [0, 0.1) is 5.92 Å². The lowest BCUT2D eigenvalue weighted by atomic mass is 9.97. The monoisotopic (exact) mass is 175 g/mol. The van der Waals surface area contributed by atoms with Crippen molar-refractivity contribution in [3.8, 4) is 0 Å². The Morgan fingerprint density at radius 1 is 1.67 bits per heavy atom. The van der Waals surface area contributed by atoms with Crippen LogP contribution in [0.4, 0.5) is 4.79 Å². The van der Waals surface area contributed by atoms with Crippen molar-refractivity contribution in [1.29, 1.82) is 0 Å². The van der Waals surface area contributed by atoms with Gasteiger partial charge in [-0.05, 0) is 6.42 Å². The third-order valence-corrected chi connectivity index (χ3v) is 2.02. The molecule has 1 aliphatic rings. The first-order valence-electron chi connectivity index (χ1n) is 3.92. The molecule has 70 valence electrons. The lowest BCUT2D eigenvalue weighted by Gasteiger charge is -2.29. The second kappa shape index (κ2) is 4.27. The van der Waals surface area contributed by atoms with E-state index in [9.17, 15) is 4.79 Å². The average molecular weight is 175 g/mol. The van der Waals surface area contributed by atoms with Crippen molar-refractivity contribution in [3.05, 3.63) is 0 Å². The van der Waals surface area contributed by atoms with Gasteiger partial charge in [0, 0.05) is 18.6 Å². The van der Waals surface area contributed by atoms with E-state index >= 15 is 0 Å². The number of carbonyl (C=O) groups is 1. The van der Waals surface area contributed by atoms with E-state index < -0.39 is 6.09 Å². The lowest BCUT2D eigenvalue weighted by Crippen LogP contribution is -2.46. The van der Waals surface area contributed by atoms with Gasteiger partial charge in [0.1, 0.15) is 0 Å². The Labute approximate surface area is 70.3 Å². The normalized spacial score (nSPS) is 29.8. The largest absolute Gasteiger partial charge is 0.465 e. The highest BCUT2D eigenvalue weighted by molar-refractivity contribution is 5.64. The zero-order valence-electron chi connectivity index (χ0n) is 6.69. The van der Waals surface area contributed by atoms with Crippen molar-refractivity contribution in [3.63, 3.8) is 0 Å². The molecule has 1 rings (SSSR count). The van der Waals surface area contributed by atoms with E-state index in [0.717, 1.165) is 0 Å². The molecule has 1 fully saturated rings. The molecule has 0 spiro atoms. The van der Waals surface area contributed by atoms with Crippen LogP contribution in [0.2, 0.25) is 0 Å². The molecule has 1 heterocycles. The summed E-state index contributed by atoms with van der Waals surface area (Å²) in [6.07, 6.45) is -0.405. The molecule has 5 nitrogen and oxygen atoms in total. The number of aliphatic hydroxyl groups is 1. The first-order chi connectivity index (χ1) is 5.74. The first kappa shape index (κ1) is 9.28.